The van der Waals surface area contributed by atoms with Gasteiger partial charge in [0.25, 0.3) is 0 Å². The number of hydrogen-bond acceptors (Lipinski definition) is 4. The van der Waals surface area contributed by atoms with Gasteiger partial charge >= 0.3 is 0 Å². The first-order chi connectivity index (χ1) is 14.4. The zero-order valence-electron chi connectivity index (χ0n) is 19.0. The van der Waals surface area contributed by atoms with E-state index in [0.29, 0.717) is 13.1 Å². The number of guanidine groups is 1. The number of hydrogen-bond donors (Lipinski definition) is 2. The first kappa shape index (κ1) is 22.1. The van der Waals surface area contributed by atoms with Crippen LogP contribution in [0.3, 0.4) is 0 Å². The first-order valence-corrected chi connectivity index (χ1v) is 10.9. The number of nitrogens with one attached hydrogen (secondary N) is 2. The predicted molar refractivity (Wildman–Crippen MR) is 120 cm³/mol. The molecule has 0 atom stereocenters. The summed E-state index contributed by atoms with van der Waals surface area (Å²) in [5.41, 5.74) is 1.38. The van der Waals surface area contributed by atoms with Gasteiger partial charge in [0.1, 0.15) is 11.6 Å². The molecule has 0 unspecified atom stereocenters. The van der Waals surface area contributed by atoms with Crippen molar-refractivity contribution in [1.82, 2.24) is 25.4 Å². The Hall–Kier alpha value is -2.57. The standard InChI is InChI=1S/C23H36N6O/c1-17-27-28-21(29(17)4)15-25-22(24-14-18-10-12-20(30-5)13-11-18)26-16-23(2,3)19-8-6-7-9-19/h10-13,19H,6-9,14-16H2,1-5H3,(H2,24,25,26). The lowest BCUT2D eigenvalue weighted by atomic mass is 9.78. The van der Waals surface area contributed by atoms with Gasteiger partial charge in [0, 0.05) is 13.6 Å². The van der Waals surface area contributed by atoms with Crippen LogP contribution in [0, 0.1) is 18.3 Å². The molecule has 0 spiro atoms. The molecule has 2 aromatic rings. The second-order valence-electron chi connectivity index (χ2n) is 8.91. The summed E-state index contributed by atoms with van der Waals surface area (Å²) in [5.74, 6) is 4.22. The van der Waals surface area contributed by atoms with Gasteiger partial charge in [-0.1, -0.05) is 38.8 Å². The highest BCUT2D eigenvalue weighted by molar-refractivity contribution is 5.79. The SMILES string of the molecule is COc1ccc(CN=C(NCc2nnc(C)n2C)NCC(C)(C)C2CCCC2)cc1. The molecule has 1 aromatic carbocycles. The Labute approximate surface area is 180 Å². The highest BCUT2D eigenvalue weighted by atomic mass is 16.5. The molecule has 0 bridgehead atoms. The van der Waals surface area contributed by atoms with Crippen molar-refractivity contribution in [2.45, 2.75) is 59.5 Å². The third kappa shape index (κ3) is 5.74. The van der Waals surface area contributed by atoms with Crippen LogP contribution in [0.4, 0.5) is 0 Å². The molecule has 0 aliphatic heterocycles. The highest BCUT2D eigenvalue weighted by Crippen LogP contribution is 2.38. The Balaban J connectivity index is 1.66. The molecule has 0 amide bonds. The molecule has 1 aromatic heterocycles. The topological polar surface area (TPSA) is 76.4 Å². The maximum Gasteiger partial charge on any atom is 0.191 e. The fourth-order valence-corrected chi connectivity index (χ4v) is 4.01. The largest absolute Gasteiger partial charge is 0.497 e. The van der Waals surface area contributed by atoms with Gasteiger partial charge in [-0.2, -0.15) is 0 Å². The molecule has 7 nitrogen and oxygen atoms in total. The van der Waals surface area contributed by atoms with Crippen LogP contribution in [0.5, 0.6) is 5.75 Å². The minimum Gasteiger partial charge on any atom is -0.497 e. The van der Waals surface area contributed by atoms with E-state index in [4.69, 9.17) is 9.73 Å². The van der Waals surface area contributed by atoms with Crippen LogP contribution >= 0.6 is 0 Å². The van der Waals surface area contributed by atoms with Gasteiger partial charge in [0.15, 0.2) is 11.8 Å². The van der Waals surface area contributed by atoms with E-state index < -0.39 is 0 Å². The van der Waals surface area contributed by atoms with Crippen molar-refractivity contribution in [2.24, 2.45) is 23.4 Å². The van der Waals surface area contributed by atoms with E-state index in [1.54, 1.807) is 7.11 Å². The highest BCUT2D eigenvalue weighted by Gasteiger charge is 2.31. The number of aryl methyl sites for hydroxylation is 1. The molecule has 1 fully saturated rings. The summed E-state index contributed by atoms with van der Waals surface area (Å²) < 4.78 is 7.24. The molecule has 1 heterocycles. The number of ether oxygens (including phenoxy) is 1. The molecule has 2 N–H and O–H groups in total. The van der Waals surface area contributed by atoms with Crippen molar-refractivity contribution in [1.29, 1.82) is 0 Å². The molecule has 1 aliphatic rings. The van der Waals surface area contributed by atoms with Gasteiger partial charge in [-0.3, -0.25) is 0 Å². The maximum absolute atomic E-state index is 5.24. The van der Waals surface area contributed by atoms with Crippen LogP contribution < -0.4 is 15.4 Å². The summed E-state index contributed by atoms with van der Waals surface area (Å²) in [5, 5.41) is 15.4. The Bertz CT molecular complexity index is 834. The number of aromatic nitrogens is 3. The fourth-order valence-electron chi connectivity index (χ4n) is 4.01. The van der Waals surface area contributed by atoms with Crippen molar-refractivity contribution in [3.8, 4) is 5.75 Å². The third-order valence-corrected chi connectivity index (χ3v) is 6.35. The summed E-state index contributed by atoms with van der Waals surface area (Å²) in [4.78, 5) is 4.83. The maximum atomic E-state index is 5.24. The quantitative estimate of drug-likeness (QED) is 0.512. The second-order valence-corrected chi connectivity index (χ2v) is 8.91. The molecular weight excluding hydrogens is 376 g/mol. The fraction of sp³-hybridized carbons (Fsp3) is 0.609. The van der Waals surface area contributed by atoms with E-state index >= 15 is 0 Å². The Morgan fingerprint density at radius 2 is 1.87 bits per heavy atom. The minimum absolute atomic E-state index is 0.237. The molecule has 1 aliphatic carbocycles. The van der Waals surface area contributed by atoms with Crippen LogP contribution in [0.15, 0.2) is 29.3 Å². The van der Waals surface area contributed by atoms with E-state index in [1.165, 1.54) is 25.7 Å². The third-order valence-electron chi connectivity index (χ3n) is 6.35. The van der Waals surface area contributed by atoms with Crippen LogP contribution in [-0.4, -0.2) is 34.4 Å². The average molecular weight is 413 g/mol. The van der Waals surface area contributed by atoms with Crippen molar-refractivity contribution in [3.05, 3.63) is 41.5 Å². The molecule has 1 saturated carbocycles. The number of methoxy groups -OCH3 is 1. The van der Waals surface area contributed by atoms with E-state index in [-0.39, 0.29) is 5.41 Å². The Morgan fingerprint density at radius 3 is 2.47 bits per heavy atom. The predicted octanol–water partition coefficient (Wildman–Crippen LogP) is 3.58. The average Bonchev–Trinajstić information content (AvgIpc) is 3.40. The zero-order valence-corrected chi connectivity index (χ0v) is 19.0. The van der Waals surface area contributed by atoms with Gasteiger partial charge in [-0.15, -0.1) is 10.2 Å². The van der Waals surface area contributed by atoms with Gasteiger partial charge in [-0.25, -0.2) is 4.99 Å². The van der Waals surface area contributed by atoms with Crippen LogP contribution in [0.1, 0.15) is 56.7 Å². The lowest BCUT2D eigenvalue weighted by molar-refractivity contribution is 0.218. The number of aliphatic imine (C=N–C) groups is 1. The Morgan fingerprint density at radius 1 is 1.17 bits per heavy atom. The van der Waals surface area contributed by atoms with E-state index in [2.05, 4.69) is 46.8 Å². The van der Waals surface area contributed by atoms with Crippen molar-refractivity contribution in [2.75, 3.05) is 13.7 Å². The number of nitrogens with zero attached hydrogens (tertiary/aromatic N) is 4. The molecule has 7 heteroatoms. The lowest BCUT2D eigenvalue weighted by Crippen LogP contribution is -2.44. The molecule has 0 radical (unpaired) electrons. The zero-order chi connectivity index (χ0) is 21.6. The second kappa shape index (κ2) is 9.96. The van der Waals surface area contributed by atoms with Gasteiger partial charge in [0.05, 0.1) is 20.2 Å². The van der Waals surface area contributed by atoms with E-state index in [0.717, 1.165) is 41.4 Å². The Kier molecular flexibility index (Phi) is 7.34. The van der Waals surface area contributed by atoms with Crippen molar-refractivity contribution >= 4 is 5.96 Å². The minimum atomic E-state index is 0.237. The summed E-state index contributed by atoms with van der Waals surface area (Å²) in [7, 11) is 3.66. The number of rotatable bonds is 8. The van der Waals surface area contributed by atoms with Gasteiger partial charge in [-0.05, 0) is 48.8 Å². The van der Waals surface area contributed by atoms with Gasteiger partial charge < -0.3 is 19.9 Å². The summed E-state index contributed by atoms with van der Waals surface area (Å²) in [6.45, 7) is 8.75. The summed E-state index contributed by atoms with van der Waals surface area (Å²) >= 11 is 0. The van der Waals surface area contributed by atoms with Gasteiger partial charge in [0.2, 0.25) is 0 Å². The van der Waals surface area contributed by atoms with E-state index in [9.17, 15) is 0 Å². The number of benzene rings is 1. The van der Waals surface area contributed by atoms with Crippen LogP contribution in [0.25, 0.3) is 0 Å². The molecule has 30 heavy (non-hydrogen) atoms. The molecule has 0 saturated heterocycles. The lowest BCUT2D eigenvalue weighted by Gasteiger charge is -2.32. The smallest absolute Gasteiger partial charge is 0.191 e. The van der Waals surface area contributed by atoms with Crippen LogP contribution in [0.2, 0.25) is 0 Å². The molecular formula is C23H36N6O. The normalized spacial score (nSPS) is 15.4. The monoisotopic (exact) mass is 412 g/mol. The molecule has 3 rings (SSSR count). The van der Waals surface area contributed by atoms with Crippen LogP contribution in [-0.2, 0) is 20.1 Å². The first-order valence-electron chi connectivity index (χ1n) is 10.9. The summed E-state index contributed by atoms with van der Waals surface area (Å²) in [6, 6.07) is 8.04. The van der Waals surface area contributed by atoms with Crippen molar-refractivity contribution < 1.29 is 4.74 Å². The van der Waals surface area contributed by atoms with E-state index in [1.807, 2.05) is 30.7 Å². The summed E-state index contributed by atoms with van der Waals surface area (Å²) in [6.07, 6.45) is 5.38. The van der Waals surface area contributed by atoms with Crippen molar-refractivity contribution in [3.63, 3.8) is 0 Å². The molecule has 164 valence electrons.